The van der Waals surface area contributed by atoms with E-state index in [2.05, 4.69) is 22.8 Å². The van der Waals surface area contributed by atoms with Crippen molar-refractivity contribution in [1.29, 1.82) is 0 Å². The van der Waals surface area contributed by atoms with Crippen molar-refractivity contribution in [3.63, 3.8) is 0 Å². The van der Waals surface area contributed by atoms with E-state index in [0.717, 1.165) is 16.7 Å². The third kappa shape index (κ3) is 4.35. The second-order valence-electron chi connectivity index (χ2n) is 8.13. The van der Waals surface area contributed by atoms with Crippen LogP contribution in [0.5, 0.6) is 5.75 Å². The lowest BCUT2D eigenvalue weighted by molar-refractivity contribution is -0.125. The minimum absolute atomic E-state index is 0.0861. The van der Waals surface area contributed by atoms with Gasteiger partial charge in [-0.2, -0.15) is 0 Å². The fourth-order valence-electron chi connectivity index (χ4n) is 3.27. The van der Waals surface area contributed by atoms with E-state index in [-0.39, 0.29) is 24.8 Å². The first kappa shape index (κ1) is 19.7. The highest BCUT2D eigenvalue weighted by Crippen LogP contribution is 2.34. The monoisotopic (exact) mass is 400 g/mol. The number of hydrogen-bond donors (Lipinski definition) is 2. The molecule has 152 valence electrons. The molecule has 0 atom stereocenters. The van der Waals surface area contributed by atoms with Crippen LogP contribution in [0.25, 0.3) is 11.1 Å². The number of rotatable bonds is 4. The molecule has 0 saturated carbocycles. The lowest BCUT2D eigenvalue weighted by Gasteiger charge is -2.18. The molecule has 0 aliphatic carbocycles. The van der Waals surface area contributed by atoms with Crippen molar-refractivity contribution in [1.82, 2.24) is 0 Å². The summed E-state index contributed by atoms with van der Waals surface area (Å²) in [5, 5.41) is 5.78. The molecule has 0 radical (unpaired) electrons. The molecule has 4 rings (SSSR count). The van der Waals surface area contributed by atoms with Gasteiger partial charge in [0, 0.05) is 11.8 Å². The molecule has 1 aliphatic rings. The molecule has 0 aromatic heterocycles. The molecule has 0 bridgehead atoms. The highest BCUT2D eigenvalue weighted by Gasteiger charge is 2.32. The van der Waals surface area contributed by atoms with Gasteiger partial charge in [0.05, 0.1) is 17.5 Å². The van der Waals surface area contributed by atoms with Crippen molar-refractivity contribution in [2.45, 2.75) is 20.3 Å². The van der Waals surface area contributed by atoms with Gasteiger partial charge in [-0.15, -0.1) is 0 Å². The van der Waals surface area contributed by atoms with Gasteiger partial charge in [-0.1, -0.05) is 54.6 Å². The Morgan fingerprint density at radius 2 is 1.70 bits per heavy atom. The number of carbonyl (C=O) groups is 2. The summed E-state index contributed by atoms with van der Waals surface area (Å²) in [7, 11) is 0. The standard InChI is InChI=1S/C25H24N2O3/c1-25(2)16-30-22-15-20(12-13-21(22)27-24(25)29)26-23(28)14-17-8-10-19(11-9-17)18-6-4-3-5-7-18/h3-13,15H,14,16H2,1-2H3,(H,26,28)(H,27,29). The van der Waals surface area contributed by atoms with E-state index in [9.17, 15) is 9.59 Å². The average molecular weight is 400 g/mol. The lowest BCUT2D eigenvalue weighted by Crippen LogP contribution is -2.33. The Hall–Kier alpha value is -3.60. The fraction of sp³-hybridized carbons (Fsp3) is 0.200. The Balaban J connectivity index is 1.41. The topological polar surface area (TPSA) is 67.4 Å². The maximum Gasteiger partial charge on any atom is 0.233 e. The minimum atomic E-state index is -0.617. The minimum Gasteiger partial charge on any atom is -0.490 e. The van der Waals surface area contributed by atoms with Gasteiger partial charge in [0.2, 0.25) is 11.8 Å². The number of carbonyl (C=O) groups excluding carboxylic acids is 2. The second-order valence-corrected chi connectivity index (χ2v) is 8.13. The fourth-order valence-corrected chi connectivity index (χ4v) is 3.27. The molecule has 3 aromatic carbocycles. The summed E-state index contributed by atoms with van der Waals surface area (Å²) >= 11 is 0. The van der Waals surface area contributed by atoms with Gasteiger partial charge in [-0.05, 0) is 42.7 Å². The predicted octanol–water partition coefficient (Wildman–Crippen LogP) is 4.89. The average Bonchev–Trinajstić information content (AvgIpc) is 2.85. The molecule has 30 heavy (non-hydrogen) atoms. The maximum absolute atomic E-state index is 12.5. The number of hydrogen-bond acceptors (Lipinski definition) is 3. The Labute approximate surface area is 176 Å². The zero-order chi connectivity index (χ0) is 21.1. The summed E-state index contributed by atoms with van der Waals surface area (Å²) in [6.45, 7) is 3.94. The SMILES string of the molecule is CC1(C)COc2cc(NC(=O)Cc3ccc(-c4ccccc4)cc3)ccc2NC1=O. The van der Waals surface area contributed by atoms with Gasteiger partial charge < -0.3 is 15.4 Å². The van der Waals surface area contributed by atoms with Gasteiger partial charge in [-0.25, -0.2) is 0 Å². The Bertz CT molecular complexity index is 1070. The van der Waals surface area contributed by atoms with Crippen LogP contribution in [0, 0.1) is 5.41 Å². The van der Waals surface area contributed by atoms with Crippen LogP contribution in [0.2, 0.25) is 0 Å². The molecule has 0 saturated heterocycles. The van der Waals surface area contributed by atoms with Crippen molar-refractivity contribution in [3.05, 3.63) is 78.4 Å². The smallest absolute Gasteiger partial charge is 0.233 e. The number of benzene rings is 3. The second kappa shape index (κ2) is 8.03. The first-order chi connectivity index (χ1) is 14.4. The highest BCUT2D eigenvalue weighted by molar-refractivity contribution is 5.98. The third-order valence-electron chi connectivity index (χ3n) is 5.14. The van der Waals surface area contributed by atoms with E-state index < -0.39 is 5.41 Å². The molecule has 1 heterocycles. The number of ether oxygens (including phenoxy) is 1. The van der Waals surface area contributed by atoms with Gasteiger partial charge >= 0.3 is 0 Å². The number of nitrogens with one attached hydrogen (secondary N) is 2. The van der Waals surface area contributed by atoms with Crippen molar-refractivity contribution in [2.75, 3.05) is 17.2 Å². The molecule has 5 nitrogen and oxygen atoms in total. The zero-order valence-corrected chi connectivity index (χ0v) is 17.1. The third-order valence-corrected chi connectivity index (χ3v) is 5.14. The van der Waals surface area contributed by atoms with E-state index in [0.29, 0.717) is 17.1 Å². The van der Waals surface area contributed by atoms with E-state index in [4.69, 9.17) is 4.74 Å². The van der Waals surface area contributed by atoms with E-state index in [1.807, 2.05) is 56.3 Å². The number of anilines is 2. The van der Waals surface area contributed by atoms with E-state index in [1.165, 1.54) is 0 Å². The Kier molecular flexibility index (Phi) is 5.27. The van der Waals surface area contributed by atoms with E-state index in [1.54, 1.807) is 18.2 Å². The van der Waals surface area contributed by atoms with Gasteiger partial charge in [-0.3, -0.25) is 9.59 Å². The largest absolute Gasteiger partial charge is 0.490 e. The molecule has 3 aromatic rings. The van der Waals surface area contributed by atoms with Crippen LogP contribution in [0.3, 0.4) is 0 Å². The van der Waals surface area contributed by atoms with E-state index >= 15 is 0 Å². The van der Waals surface area contributed by atoms with Crippen molar-refractivity contribution in [2.24, 2.45) is 5.41 Å². The summed E-state index contributed by atoms with van der Waals surface area (Å²) in [6.07, 6.45) is 0.275. The van der Waals surface area contributed by atoms with Crippen LogP contribution >= 0.6 is 0 Å². The number of amides is 2. The van der Waals surface area contributed by atoms with Crippen LogP contribution in [0.4, 0.5) is 11.4 Å². The van der Waals surface area contributed by atoms with Crippen molar-refractivity contribution in [3.8, 4) is 16.9 Å². The molecule has 0 fully saturated rings. The van der Waals surface area contributed by atoms with Crippen molar-refractivity contribution < 1.29 is 14.3 Å². The summed E-state index contributed by atoms with van der Waals surface area (Å²) in [5.41, 5.74) is 3.83. The summed E-state index contributed by atoms with van der Waals surface area (Å²) < 4.78 is 5.80. The number of fused-ring (bicyclic) bond motifs is 1. The summed E-state index contributed by atoms with van der Waals surface area (Å²) in [4.78, 5) is 24.7. The predicted molar refractivity (Wildman–Crippen MR) is 119 cm³/mol. The summed E-state index contributed by atoms with van der Waals surface area (Å²) in [5.74, 6) is 0.358. The Morgan fingerprint density at radius 3 is 2.43 bits per heavy atom. The van der Waals surface area contributed by atoms with Crippen LogP contribution < -0.4 is 15.4 Å². The zero-order valence-electron chi connectivity index (χ0n) is 17.1. The van der Waals surface area contributed by atoms with Crippen LogP contribution in [0.1, 0.15) is 19.4 Å². The first-order valence-corrected chi connectivity index (χ1v) is 9.93. The van der Waals surface area contributed by atoms with Gasteiger partial charge in [0.25, 0.3) is 0 Å². The quantitative estimate of drug-likeness (QED) is 0.655. The molecule has 2 amide bonds. The first-order valence-electron chi connectivity index (χ1n) is 9.93. The molecule has 2 N–H and O–H groups in total. The van der Waals surface area contributed by atoms with Gasteiger partial charge in [0.1, 0.15) is 12.4 Å². The van der Waals surface area contributed by atoms with Crippen molar-refractivity contribution >= 4 is 23.2 Å². The molecule has 5 heteroatoms. The Morgan fingerprint density at radius 1 is 1.00 bits per heavy atom. The highest BCUT2D eigenvalue weighted by atomic mass is 16.5. The lowest BCUT2D eigenvalue weighted by atomic mass is 9.94. The molecular formula is C25H24N2O3. The van der Waals surface area contributed by atoms with Crippen LogP contribution in [-0.2, 0) is 16.0 Å². The molecule has 0 unspecified atom stereocenters. The summed E-state index contributed by atoms with van der Waals surface area (Å²) in [6, 6.07) is 23.4. The van der Waals surface area contributed by atoms with Crippen LogP contribution in [0.15, 0.2) is 72.8 Å². The normalized spacial score (nSPS) is 14.7. The maximum atomic E-state index is 12.5. The molecule has 0 spiro atoms. The van der Waals surface area contributed by atoms with Gasteiger partial charge in [0.15, 0.2) is 0 Å². The van der Waals surface area contributed by atoms with Crippen LogP contribution in [-0.4, -0.2) is 18.4 Å². The molecular weight excluding hydrogens is 376 g/mol. The molecule has 1 aliphatic heterocycles.